The van der Waals surface area contributed by atoms with Crippen molar-refractivity contribution in [3.63, 3.8) is 0 Å². The molecule has 0 saturated heterocycles. The summed E-state index contributed by atoms with van der Waals surface area (Å²) < 4.78 is 39.3. The smallest absolute Gasteiger partial charge is 0.157 e. The fourth-order valence-electron chi connectivity index (χ4n) is 4.36. The summed E-state index contributed by atoms with van der Waals surface area (Å²) in [5, 5.41) is 9.43. The highest BCUT2D eigenvalue weighted by molar-refractivity contribution is 7.90. The Morgan fingerprint density at radius 3 is 2.24 bits per heavy atom. The van der Waals surface area contributed by atoms with Crippen LogP contribution in [0.25, 0.3) is 5.69 Å². The number of aryl methyl sites for hydroxylation is 1. The SMILES string of the molecule is COc1cccc(OC)c1-n1c(CS(=O)(=O)CCc2ccc(Cl)cc2)nnc1C1CCCC1. The van der Waals surface area contributed by atoms with Crippen molar-refractivity contribution in [1.82, 2.24) is 14.8 Å². The largest absolute Gasteiger partial charge is 0.494 e. The Hall–Kier alpha value is -2.58. The number of benzene rings is 2. The molecule has 1 fully saturated rings. The van der Waals surface area contributed by atoms with E-state index in [1.807, 2.05) is 34.9 Å². The Morgan fingerprint density at radius 1 is 1.00 bits per heavy atom. The van der Waals surface area contributed by atoms with Gasteiger partial charge in [-0.1, -0.05) is 42.6 Å². The molecule has 1 aliphatic rings. The molecule has 0 amide bonds. The van der Waals surface area contributed by atoms with Gasteiger partial charge < -0.3 is 9.47 Å². The molecule has 1 saturated carbocycles. The Labute approximate surface area is 199 Å². The molecule has 9 heteroatoms. The third-order valence-corrected chi connectivity index (χ3v) is 7.84. The molecule has 0 aliphatic heterocycles. The summed E-state index contributed by atoms with van der Waals surface area (Å²) in [5.74, 6) is 2.29. The van der Waals surface area contributed by atoms with Crippen LogP contribution in [0.1, 0.15) is 48.8 Å². The number of nitrogens with zero attached hydrogens (tertiary/aromatic N) is 3. The van der Waals surface area contributed by atoms with Gasteiger partial charge in [0.05, 0.1) is 20.0 Å². The minimum atomic E-state index is -3.46. The van der Waals surface area contributed by atoms with E-state index in [4.69, 9.17) is 21.1 Å². The van der Waals surface area contributed by atoms with E-state index in [1.165, 1.54) is 0 Å². The van der Waals surface area contributed by atoms with Crippen LogP contribution in [0.2, 0.25) is 5.02 Å². The molecule has 1 aliphatic carbocycles. The monoisotopic (exact) mass is 489 g/mol. The number of hydrogen-bond acceptors (Lipinski definition) is 6. The molecule has 33 heavy (non-hydrogen) atoms. The van der Waals surface area contributed by atoms with Crippen LogP contribution in [0.15, 0.2) is 42.5 Å². The molecule has 1 heterocycles. The number of halogens is 1. The van der Waals surface area contributed by atoms with Crippen LogP contribution < -0.4 is 9.47 Å². The highest BCUT2D eigenvalue weighted by atomic mass is 35.5. The summed E-state index contributed by atoms with van der Waals surface area (Å²) in [7, 11) is -0.293. The number of para-hydroxylation sites is 1. The maximum Gasteiger partial charge on any atom is 0.157 e. The van der Waals surface area contributed by atoms with Crippen molar-refractivity contribution in [3.05, 3.63) is 64.7 Å². The first-order valence-electron chi connectivity index (χ1n) is 11.0. The minimum Gasteiger partial charge on any atom is -0.494 e. The third kappa shape index (κ3) is 5.33. The van der Waals surface area contributed by atoms with Gasteiger partial charge in [0.15, 0.2) is 15.7 Å². The van der Waals surface area contributed by atoms with Crippen LogP contribution >= 0.6 is 11.6 Å². The molecule has 4 rings (SSSR count). The van der Waals surface area contributed by atoms with Crippen LogP contribution in [0.3, 0.4) is 0 Å². The highest BCUT2D eigenvalue weighted by Crippen LogP contribution is 2.39. The molecule has 0 atom stereocenters. The summed E-state index contributed by atoms with van der Waals surface area (Å²) in [5.41, 5.74) is 1.56. The van der Waals surface area contributed by atoms with E-state index in [2.05, 4.69) is 10.2 Å². The molecule has 0 N–H and O–H groups in total. The van der Waals surface area contributed by atoms with Crippen molar-refractivity contribution in [2.24, 2.45) is 0 Å². The zero-order chi connectivity index (χ0) is 23.4. The molecule has 3 aromatic rings. The summed E-state index contributed by atoms with van der Waals surface area (Å²) in [6.07, 6.45) is 4.64. The van der Waals surface area contributed by atoms with E-state index in [0.29, 0.717) is 34.5 Å². The van der Waals surface area contributed by atoms with Crippen LogP contribution in [-0.4, -0.2) is 43.2 Å². The van der Waals surface area contributed by atoms with E-state index in [0.717, 1.165) is 37.1 Å². The molecular formula is C24H28ClN3O4S. The van der Waals surface area contributed by atoms with E-state index in [1.54, 1.807) is 26.4 Å². The molecule has 0 bridgehead atoms. The van der Waals surface area contributed by atoms with Gasteiger partial charge in [-0.25, -0.2) is 8.42 Å². The summed E-state index contributed by atoms with van der Waals surface area (Å²) in [4.78, 5) is 0. The second-order valence-electron chi connectivity index (χ2n) is 8.27. The lowest BCUT2D eigenvalue weighted by Gasteiger charge is -2.19. The van der Waals surface area contributed by atoms with Gasteiger partial charge in [-0.3, -0.25) is 4.57 Å². The van der Waals surface area contributed by atoms with Crippen LogP contribution in [0, 0.1) is 0 Å². The maximum absolute atomic E-state index is 13.1. The Morgan fingerprint density at radius 2 is 1.64 bits per heavy atom. The maximum atomic E-state index is 13.1. The average molecular weight is 490 g/mol. The zero-order valence-electron chi connectivity index (χ0n) is 18.8. The lowest BCUT2D eigenvalue weighted by Crippen LogP contribution is -2.17. The first kappa shape index (κ1) is 23.6. The number of rotatable bonds is 9. The molecule has 176 valence electrons. The molecular weight excluding hydrogens is 462 g/mol. The molecule has 0 radical (unpaired) electrons. The Balaban J connectivity index is 1.70. The standard InChI is InChI=1S/C24H28ClN3O4S/c1-31-20-8-5-9-21(32-2)23(20)28-22(26-27-24(28)18-6-3-4-7-18)16-33(29,30)15-14-17-10-12-19(25)13-11-17/h5,8-13,18H,3-4,6-7,14-16H2,1-2H3. The van der Waals surface area contributed by atoms with Crippen molar-refractivity contribution < 1.29 is 17.9 Å². The van der Waals surface area contributed by atoms with Gasteiger partial charge in [0, 0.05) is 10.9 Å². The van der Waals surface area contributed by atoms with E-state index in [-0.39, 0.29) is 17.4 Å². The number of sulfone groups is 1. The van der Waals surface area contributed by atoms with Crippen LogP contribution in [0.4, 0.5) is 0 Å². The molecule has 1 aromatic heterocycles. The van der Waals surface area contributed by atoms with Gasteiger partial charge >= 0.3 is 0 Å². The number of aromatic nitrogens is 3. The first-order valence-corrected chi connectivity index (χ1v) is 13.2. The van der Waals surface area contributed by atoms with Gasteiger partial charge in [0.1, 0.15) is 28.8 Å². The zero-order valence-corrected chi connectivity index (χ0v) is 20.4. The minimum absolute atomic E-state index is 0.00329. The van der Waals surface area contributed by atoms with Gasteiger partial charge in [-0.2, -0.15) is 0 Å². The van der Waals surface area contributed by atoms with Crippen LogP contribution in [0.5, 0.6) is 11.5 Å². The normalized spacial score (nSPS) is 14.5. The molecule has 7 nitrogen and oxygen atoms in total. The van der Waals surface area contributed by atoms with Crippen molar-refractivity contribution in [2.75, 3.05) is 20.0 Å². The highest BCUT2D eigenvalue weighted by Gasteiger charge is 2.30. The average Bonchev–Trinajstić information content (AvgIpc) is 3.48. The topological polar surface area (TPSA) is 83.3 Å². The summed E-state index contributed by atoms with van der Waals surface area (Å²) in [6.45, 7) is 0. The predicted octanol–water partition coefficient (Wildman–Crippen LogP) is 4.75. The fraction of sp³-hybridized carbons (Fsp3) is 0.417. The first-order chi connectivity index (χ1) is 15.9. The van der Waals surface area contributed by atoms with Gasteiger partial charge in [0.2, 0.25) is 0 Å². The van der Waals surface area contributed by atoms with E-state index >= 15 is 0 Å². The molecule has 0 unspecified atom stereocenters. The van der Waals surface area contributed by atoms with Gasteiger partial charge in [-0.15, -0.1) is 10.2 Å². The second kappa shape index (κ2) is 10.1. The van der Waals surface area contributed by atoms with E-state index < -0.39 is 9.84 Å². The number of ether oxygens (including phenoxy) is 2. The number of methoxy groups -OCH3 is 2. The lowest BCUT2D eigenvalue weighted by molar-refractivity contribution is 0.389. The summed E-state index contributed by atoms with van der Waals surface area (Å²) in [6, 6.07) is 12.7. The Kier molecular flexibility index (Phi) is 7.24. The molecule has 2 aromatic carbocycles. The fourth-order valence-corrected chi connectivity index (χ4v) is 5.76. The lowest BCUT2D eigenvalue weighted by atomic mass is 10.1. The van der Waals surface area contributed by atoms with Gasteiger partial charge in [0.25, 0.3) is 0 Å². The van der Waals surface area contributed by atoms with Crippen molar-refractivity contribution in [2.45, 2.75) is 43.8 Å². The second-order valence-corrected chi connectivity index (χ2v) is 10.9. The van der Waals surface area contributed by atoms with Crippen molar-refractivity contribution in [3.8, 4) is 17.2 Å². The quantitative estimate of drug-likeness (QED) is 0.431. The van der Waals surface area contributed by atoms with E-state index in [9.17, 15) is 8.42 Å². The number of hydrogen-bond donors (Lipinski definition) is 0. The Bertz CT molecular complexity index is 1180. The van der Waals surface area contributed by atoms with Crippen molar-refractivity contribution in [1.29, 1.82) is 0 Å². The van der Waals surface area contributed by atoms with Gasteiger partial charge in [-0.05, 0) is 49.1 Å². The third-order valence-electron chi connectivity index (χ3n) is 6.06. The van der Waals surface area contributed by atoms with Crippen LogP contribution in [-0.2, 0) is 22.0 Å². The van der Waals surface area contributed by atoms with Crippen molar-refractivity contribution >= 4 is 21.4 Å². The predicted molar refractivity (Wildman–Crippen MR) is 128 cm³/mol. The molecule has 0 spiro atoms. The summed E-state index contributed by atoms with van der Waals surface area (Å²) >= 11 is 5.93.